The molecule has 1 amide bonds. The van der Waals surface area contributed by atoms with Gasteiger partial charge in [-0.2, -0.15) is 0 Å². The van der Waals surface area contributed by atoms with Gasteiger partial charge >= 0.3 is 5.97 Å². The van der Waals surface area contributed by atoms with Gasteiger partial charge in [0.05, 0.1) is 13.0 Å². The van der Waals surface area contributed by atoms with Crippen LogP contribution in [0.3, 0.4) is 0 Å². The zero-order chi connectivity index (χ0) is 12.1. The molecule has 1 rings (SSSR count). The van der Waals surface area contributed by atoms with Gasteiger partial charge in [-0.3, -0.25) is 4.79 Å². The minimum Gasteiger partial charge on any atom is -0.492 e. The molecule has 0 bridgehead atoms. The van der Waals surface area contributed by atoms with Crippen LogP contribution in [-0.2, 0) is 4.79 Å². The van der Waals surface area contributed by atoms with Crippen LogP contribution >= 0.6 is 11.3 Å². The van der Waals surface area contributed by atoms with Gasteiger partial charge in [0.15, 0.2) is 0 Å². The van der Waals surface area contributed by atoms with Crippen LogP contribution < -0.4 is 4.74 Å². The zero-order valence-electron chi connectivity index (χ0n) is 9.10. The van der Waals surface area contributed by atoms with Crippen molar-refractivity contribution in [2.45, 2.75) is 6.42 Å². The lowest BCUT2D eigenvalue weighted by Crippen LogP contribution is -2.23. The van der Waals surface area contributed by atoms with E-state index in [9.17, 15) is 9.59 Å². The molecule has 1 aromatic heterocycles. The van der Waals surface area contributed by atoms with Crippen LogP contribution in [0.4, 0.5) is 0 Å². The van der Waals surface area contributed by atoms with Crippen molar-refractivity contribution in [2.24, 2.45) is 0 Å². The summed E-state index contributed by atoms with van der Waals surface area (Å²) < 4.78 is 5.26. The van der Waals surface area contributed by atoms with Crippen molar-refractivity contribution in [1.82, 2.24) is 4.90 Å². The highest BCUT2D eigenvalue weighted by Crippen LogP contribution is 2.21. The summed E-state index contributed by atoms with van der Waals surface area (Å²) in [5, 5.41) is 10.3. The lowest BCUT2D eigenvalue weighted by atomic mass is 10.4. The Hall–Kier alpha value is -1.56. The minimum atomic E-state index is -0.968. The SMILES string of the molecule is CN(C)C(=O)CCOc1csc(C(=O)O)c1. The first-order chi connectivity index (χ1) is 7.50. The molecule has 0 spiro atoms. The zero-order valence-corrected chi connectivity index (χ0v) is 9.91. The van der Waals surface area contributed by atoms with Gasteiger partial charge in [-0.1, -0.05) is 0 Å². The molecular weight excluding hydrogens is 230 g/mol. The van der Waals surface area contributed by atoms with E-state index >= 15 is 0 Å². The quantitative estimate of drug-likeness (QED) is 0.846. The molecule has 0 saturated carbocycles. The molecule has 0 radical (unpaired) electrons. The highest BCUT2D eigenvalue weighted by atomic mass is 32.1. The smallest absolute Gasteiger partial charge is 0.346 e. The number of carboxylic acid groups (broad SMARTS) is 1. The van der Waals surface area contributed by atoms with E-state index in [1.54, 1.807) is 19.5 Å². The Labute approximate surface area is 97.3 Å². The molecule has 0 fully saturated rings. The number of amides is 1. The molecule has 0 aliphatic rings. The molecule has 88 valence electrons. The summed E-state index contributed by atoms with van der Waals surface area (Å²) in [6.07, 6.45) is 0.283. The largest absolute Gasteiger partial charge is 0.492 e. The van der Waals surface area contributed by atoms with Gasteiger partial charge in [-0.25, -0.2) is 4.79 Å². The average molecular weight is 243 g/mol. The molecule has 1 N–H and O–H groups in total. The summed E-state index contributed by atoms with van der Waals surface area (Å²) in [5.74, 6) is -0.494. The summed E-state index contributed by atoms with van der Waals surface area (Å²) >= 11 is 1.10. The van der Waals surface area contributed by atoms with Crippen molar-refractivity contribution in [2.75, 3.05) is 20.7 Å². The topological polar surface area (TPSA) is 66.8 Å². The van der Waals surface area contributed by atoms with Crippen molar-refractivity contribution in [1.29, 1.82) is 0 Å². The van der Waals surface area contributed by atoms with Crippen LogP contribution in [0.1, 0.15) is 16.1 Å². The average Bonchev–Trinajstić information content (AvgIpc) is 2.66. The number of hydrogen-bond donors (Lipinski definition) is 1. The highest BCUT2D eigenvalue weighted by molar-refractivity contribution is 7.12. The van der Waals surface area contributed by atoms with Crippen LogP contribution in [0.5, 0.6) is 5.75 Å². The normalized spacial score (nSPS) is 9.88. The third kappa shape index (κ3) is 3.54. The monoisotopic (exact) mass is 243 g/mol. The van der Waals surface area contributed by atoms with Crippen LogP contribution in [0.25, 0.3) is 0 Å². The maximum atomic E-state index is 11.2. The molecule has 0 aliphatic heterocycles. The fourth-order valence-electron chi connectivity index (χ4n) is 0.986. The lowest BCUT2D eigenvalue weighted by Gasteiger charge is -2.09. The summed E-state index contributed by atoms with van der Waals surface area (Å²) in [4.78, 5) is 23.5. The van der Waals surface area contributed by atoms with Gasteiger partial charge in [0.25, 0.3) is 0 Å². The highest BCUT2D eigenvalue weighted by Gasteiger charge is 2.08. The Morgan fingerprint density at radius 3 is 2.69 bits per heavy atom. The van der Waals surface area contributed by atoms with E-state index in [0.29, 0.717) is 5.75 Å². The van der Waals surface area contributed by atoms with E-state index in [-0.39, 0.29) is 23.8 Å². The van der Waals surface area contributed by atoms with Gasteiger partial charge in [0.1, 0.15) is 10.6 Å². The molecule has 0 aliphatic carbocycles. The Balaban J connectivity index is 2.37. The molecule has 0 aromatic carbocycles. The van der Waals surface area contributed by atoms with Gasteiger partial charge in [-0.05, 0) is 0 Å². The van der Waals surface area contributed by atoms with Crippen molar-refractivity contribution in [3.63, 3.8) is 0 Å². The van der Waals surface area contributed by atoms with Crippen LogP contribution in [0.2, 0.25) is 0 Å². The van der Waals surface area contributed by atoms with E-state index in [2.05, 4.69) is 0 Å². The van der Waals surface area contributed by atoms with Crippen molar-refractivity contribution < 1.29 is 19.4 Å². The van der Waals surface area contributed by atoms with E-state index in [4.69, 9.17) is 9.84 Å². The van der Waals surface area contributed by atoms with E-state index in [1.165, 1.54) is 11.0 Å². The molecule has 5 nitrogen and oxygen atoms in total. The van der Waals surface area contributed by atoms with E-state index in [0.717, 1.165) is 11.3 Å². The summed E-state index contributed by atoms with van der Waals surface area (Å²) in [6, 6.07) is 1.45. The summed E-state index contributed by atoms with van der Waals surface area (Å²) in [5.41, 5.74) is 0. The number of nitrogens with zero attached hydrogens (tertiary/aromatic N) is 1. The number of thiophene rings is 1. The first-order valence-corrected chi connectivity index (χ1v) is 5.53. The number of ether oxygens (including phenoxy) is 1. The van der Waals surface area contributed by atoms with Gasteiger partial charge in [0, 0.05) is 25.5 Å². The van der Waals surface area contributed by atoms with Crippen molar-refractivity contribution in [3.05, 3.63) is 16.3 Å². The van der Waals surface area contributed by atoms with Crippen LogP contribution in [-0.4, -0.2) is 42.6 Å². The predicted molar refractivity (Wildman–Crippen MR) is 60.1 cm³/mol. The standard InChI is InChI=1S/C10H13NO4S/c1-11(2)9(12)3-4-15-7-5-8(10(13)14)16-6-7/h5-6H,3-4H2,1-2H3,(H,13,14). The fourth-order valence-corrected chi connectivity index (χ4v) is 1.65. The Kier molecular flexibility index (Phi) is 4.30. The maximum absolute atomic E-state index is 11.2. The lowest BCUT2D eigenvalue weighted by molar-refractivity contribution is -0.129. The second-order valence-corrected chi connectivity index (χ2v) is 4.25. The number of hydrogen-bond acceptors (Lipinski definition) is 4. The Morgan fingerprint density at radius 2 is 2.19 bits per heavy atom. The number of rotatable bonds is 5. The summed E-state index contributed by atoms with van der Waals surface area (Å²) in [7, 11) is 3.35. The number of carboxylic acids is 1. The van der Waals surface area contributed by atoms with Crippen LogP contribution in [0.15, 0.2) is 11.4 Å². The van der Waals surface area contributed by atoms with Crippen molar-refractivity contribution in [3.8, 4) is 5.75 Å². The molecule has 0 unspecified atom stereocenters. The fraction of sp³-hybridized carbons (Fsp3) is 0.400. The second-order valence-electron chi connectivity index (χ2n) is 3.34. The molecular formula is C10H13NO4S. The third-order valence-electron chi connectivity index (χ3n) is 1.87. The molecule has 16 heavy (non-hydrogen) atoms. The Morgan fingerprint density at radius 1 is 1.50 bits per heavy atom. The maximum Gasteiger partial charge on any atom is 0.346 e. The van der Waals surface area contributed by atoms with Crippen LogP contribution in [0, 0.1) is 0 Å². The number of carbonyl (C=O) groups is 2. The molecule has 0 saturated heterocycles. The summed E-state index contributed by atoms with van der Waals surface area (Å²) in [6.45, 7) is 0.257. The third-order valence-corrected chi connectivity index (χ3v) is 2.77. The number of aromatic carboxylic acids is 1. The van der Waals surface area contributed by atoms with Crippen molar-refractivity contribution >= 4 is 23.2 Å². The van der Waals surface area contributed by atoms with Gasteiger partial charge in [-0.15, -0.1) is 11.3 Å². The molecule has 1 aromatic rings. The number of carbonyl (C=O) groups excluding carboxylic acids is 1. The minimum absolute atomic E-state index is 0.0197. The molecule has 1 heterocycles. The first-order valence-electron chi connectivity index (χ1n) is 4.65. The molecule has 0 atom stereocenters. The van der Waals surface area contributed by atoms with Gasteiger partial charge < -0.3 is 14.7 Å². The molecule has 6 heteroatoms. The predicted octanol–water partition coefficient (Wildman–Crippen LogP) is 1.30. The Bertz CT molecular complexity index is 386. The van der Waals surface area contributed by atoms with E-state index < -0.39 is 5.97 Å². The van der Waals surface area contributed by atoms with E-state index in [1.807, 2.05) is 0 Å². The van der Waals surface area contributed by atoms with Gasteiger partial charge in [0.2, 0.25) is 5.91 Å². The first kappa shape index (κ1) is 12.5. The second kappa shape index (κ2) is 5.50.